The van der Waals surface area contributed by atoms with Crippen LogP contribution in [0.15, 0.2) is 71.8 Å². The molecule has 6 heteroatoms. The zero-order chi connectivity index (χ0) is 20.7. The molecule has 2 heterocycles. The molecule has 0 saturated heterocycles. The molecule has 0 saturated carbocycles. The van der Waals surface area contributed by atoms with Crippen LogP contribution in [0.25, 0.3) is 0 Å². The van der Waals surface area contributed by atoms with Gasteiger partial charge in [-0.2, -0.15) is 5.10 Å². The molecule has 0 fully saturated rings. The van der Waals surface area contributed by atoms with Gasteiger partial charge in [0.25, 0.3) is 0 Å². The third-order valence-corrected chi connectivity index (χ3v) is 5.79. The fourth-order valence-electron chi connectivity index (χ4n) is 4.11. The summed E-state index contributed by atoms with van der Waals surface area (Å²) < 4.78 is 17.4. The molecule has 30 heavy (non-hydrogen) atoms. The molecular formula is C24H21ClN2O3. The van der Waals surface area contributed by atoms with E-state index in [2.05, 4.69) is 6.07 Å². The first-order valence-electron chi connectivity index (χ1n) is 9.77. The first-order valence-corrected chi connectivity index (χ1v) is 10.1. The van der Waals surface area contributed by atoms with Crippen molar-refractivity contribution in [3.05, 3.63) is 88.4 Å². The topological polar surface area (TPSA) is 43.3 Å². The van der Waals surface area contributed by atoms with Gasteiger partial charge < -0.3 is 14.2 Å². The molecule has 152 valence electrons. The maximum Gasteiger partial charge on any atom is 0.217 e. The normalized spacial score (nSPS) is 19.4. The third-order valence-electron chi connectivity index (χ3n) is 5.56. The third kappa shape index (κ3) is 3.15. The van der Waals surface area contributed by atoms with E-state index in [0.29, 0.717) is 5.02 Å². The number of hydrazone groups is 1. The van der Waals surface area contributed by atoms with Gasteiger partial charge in [-0.1, -0.05) is 35.9 Å². The summed E-state index contributed by atoms with van der Waals surface area (Å²) in [6.45, 7) is 0. The van der Waals surface area contributed by atoms with Crippen molar-refractivity contribution in [1.29, 1.82) is 0 Å². The van der Waals surface area contributed by atoms with Gasteiger partial charge in [0.1, 0.15) is 17.2 Å². The number of fused-ring (bicyclic) bond motifs is 3. The number of hydrogen-bond donors (Lipinski definition) is 0. The lowest BCUT2D eigenvalue weighted by molar-refractivity contribution is -0.0203. The van der Waals surface area contributed by atoms with E-state index in [1.54, 1.807) is 14.2 Å². The molecule has 2 atom stereocenters. The van der Waals surface area contributed by atoms with Crippen molar-refractivity contribution in [2.24, 2.45) is 5.10 Å². The number of para-hydroxylation sites is 1. The molecule has 0 N–H and O–H groups in total. The molecule has 0 bridgehead atoms. The minimum atomic E-state index is -0.400. The number of ether oxygens (including phenoxy) is 3. The van der Waals surface area contributed by atoms with Gasteiger partial charge >= 0.3 is 0 Å². The lowest BCUT2D eigenvalue weighted by atomic mass is 9.95. The Labute approximate surface area is 180 Å². The molecule has 2 aliphatic rings. The van der Waals surface area contributed by atoms with E-state index in [0.717, 1.165) is 46.1 Å². The van der Waals surface area contributed by atoms with E-state index in [4.69, 9.17) is 30.9 Å². The lowest BCUT2D eigenvalue weighted by Gasteiger charge is -2.38. The highest BCUT2D eigenvalue weighted by atomic mass is 35.5. The molecule has 0 radical (unpaired) electrons. The average Bonchev–Trinajstić information content (AvgIpc) is 3.24. The Morgan fingerprint density at radius 1 is 0.967 bits per heavy atom. The predicted octanol–water partition coefficient (Wildman–Crippen LogP) is 5.60. The monoisotopic (exact) mass is 420 g/mol. The first-order chi connectivity index (χ1) is 14.7. The smallest absolute Gasteiger partial charge is 0.217 e. The summed E-state index contributed by atoms with van der Waals surface area (Å²) >= 11 is 6.31. The lowest BCUT2D eigenvalue weighted by Crippen LogP contribution is -2.33. The van der Waals surface area contributed by atoms with Crippen LogP contribution < -0.4 is 14.2 Å². The van der Waals surface area contributed by atoms with Gasteiger partial charge in [0, 0.05) is 22.6 Å². The Morgan fingerprint density at radius 2 is 1.83 bits per heavy atom. The molecule has 5 rings (SSSR count). The average molecular weight is 421 g/mol. The SMILES string of the molecule is COc1cccc(C2=NN3C(C2)c2cc(Cl)ccc2OC3c2ccccc2OC)c1. The summed E-state index contributed by atoms with van der Waals surface area (Å²) in [6, 6.07) is 21.6. The summed E-state index contributed by atoms with van der Waals surface area (Å²) in [5, 5.41) is 7.69. The molecule has 2 aliphatic heterocycles. The number of halogens is 1. The van der Waals surface area contributed by atoms with Crippen molar-refractivity contribution >= 4 is 17.3 Å². The van der Waals surface area contributed by atoms with E-state index < -0.39 is 6.23 Å². The molecule has 3 aromatic rings. The zero-order valence-electron chi connectivity index (χ0n) is 16.7. The summed E-state index contributed by atoms with van der Waals surface area (Å²) in [5.74, 6) is 2.39. The van der Waals surface area contributed by atoms with E-state index in [1.807, 2.05) is 65.7 Å². The van der Waals surface area contributed by atoms with Crippen LogP contribution in [0.5, 0.6) is 17.2 Å². The molecule has 0 aliphatic carbocycles. The van der Waals surface area contributed by atoms with Crippen LogP contribution >= 0.6 is 11.6 Å². The second kappa shape index (κ2) is 7.58. The largest absolute Gasteiger partial charge is 0.497 e. The molecule has 0 aromatic heterocycles. The van der Waals surface area contributed by atoms with Crippen molar-refractivity contribution < 1.29 is 14.2 Å². The van der Waals surface area contributed by atoms with E-state index >= 15 is 0 Å². The van der Waals surface area contributed by atoms with Gasteiger partial charge in [0.2, 0.25) is 6.23 Å². The Bertz CT molecular complexity index is 1130. The van der Waals surface area contributed by atoms with Crippen LogP contribution in [0, 0.1) is 0 Å². The van der Waals surface area contributed by atoms with Crippen LogP contribution in [-0.4, -0.2) is 24.9 Å². The zero-order valence-corrected chi connectivity index (χ0v) is 17.5. The van der Waals surface area contributed by atoms with E-state index in [-0.39, 0.29) is 6.04 Å². The minimum absolute atomic E-state index is 0.0172. The van der Waals surface area contributed by atoms with Crippen LogP contribution in [0.1, 0.15) is 35.4 Å². The van der Waals surface area contributed by atoms with Crippen molar-refractivity contribution in [2.45, 2.75) is 18.7 Å². The van der Waals surface area contributed by atoms with Gasteiger partial charge in [0.05, 0.1) is 31.5 Å². The number of methoxy groups -OCH3 is 2. The molecular weight excluding hydrogens is 400 g/mol. The number of nitrogens with zero attached hydrogens (tertiary/aromatic N) is 2. The van der Waals surface area contributed by atoms with Crippen molar-refractivity contribution in [1.82, 2.24) is 5.01 Å². The molecule has 5 nitrogen and oxygen atoms in total. The molecule has 3 aromatic carbocycles. The van der Waals surface area contributed by atoms with Gasteiger partial charge in [-0.25, -0.2) is 5.01 Å². The van der Waals surface area contributed by atoms with Crippen LogP contribution in [0.4, 0.5) is 0 Å². The fraction of sp³-hybridized carbons (Fsp3) is 0.208. The quantitative estimate of drug-likeness (QED) is 0.551. The predicted molar refractivity (Wildman–Crippen MR) is 117 cm³/mol. The summed E-state index contributed by atoms with van der Waals surface area (Å²) in [6.07, 6.45) is 0.345. The molecule has 0 amide bonds. The van der Waals surface area contributed by atoms with E-state index in [1.165, 1.54) is 0 Å². The van der Waals surface area contributed by atoms with Gasteiger partial charge in [-0.15, -0.1) is 0 Å². The van der Waals surface area contributed by atoms with Gasteiger partial charge in [0.15, 0.2) is 0 Å². The Hall–Kier alpha value is -3.18. The highest BCUT2D eigenvalue weighted by Crippen LogP contribution is 2.49. The maximum absolute atomic E-state index is 6.41. The highest BCUT2D eigenvalue weighted by Gasteiger charge is 2.42. The van der Waals surface area contributed by atoms with Crippen LogP contribution in [0.3, 0.4) is 0 Å². The standard InChI is InChI=1S/C24H21ClN2O3/c1-28-17-7-5-6-15(12-17)20-14-21-19-13-16(25)10-11-23(19)30-24(27(21)26-20)18-8-3-4-9-22(18)29-2/h3-13,21,24H,14H2,1-2H3. The summed E-state index contributed by atoms with van der Waals surface area (Å²) in [7, 11) is 3.34. The Balaban J connectivity index is 1.62. The van der Waals surface area contributed by atoms with Crippen LogP contribution in [-0.2, 0) is 0 Å². The Kier molecular flexibility index (Phi) is 4.75. The second-order valence-electron chi connectivity index (χ2n) is 7.27. The second-order valence-corrected chi connectivity index (χ2v) is 7.71. The van der Waals surface area contributed by atoms with Gasteiger partial charge in [-0.05, 0) is 42.5 Å². The van der Waals surface area contributed by atoms with Crippen LogP contribution in [0.2, 0.25) is 5.02 Å². The van der Waals surface area contributed by atoms with Crippen molar-refractivity contribution in [3.63, 3.8) is 0 Å². The molecule has 2 unspecified atom stereocenters. The number of hydrogen-bond acceptors (Lipinski definition) is 5. The fourth-order valence-corrected chi connectivity index (χ4v) is 4.29. The van der Waals surface area contributed by atoms with Crippen molar-refractivity contribution in [3.8, 4) is 17.2 Å². The highest BCUT2D eigenvalue weighted by molar-refractivity contribution is 6.30. The van der Waals surface area contributed by atoms with E-state index in [9.17, 15) is 0 Å². The number of rotatable bonds is 4. The summed E-state index contributed by atoms with van der Waals surface area (Å²) in [5.41, 5.74) is 3.98. The first kappa shape index (κ1) is 18.8. The summed E-state index contributed by atoms with van der Waals surface area (Å²) in [4.78, 5) is 0. The maximum atomic E-state index is 6.41. The minimum Gasteiger partial charge on any atom is -0.497 e. The molecule has 0 spiro atoms. The van der Waals surface area contributed by atoms with Gasteiger partial charge in [-0.3, -0.25) is 0 Å². The van der Waals surface area contributed by atoms with Crippen molar-refractivity contribution in [2.75, 3.05) is 14.2 Å². The Morgan fingerprint density at radius 3 is 2.67 bits per heavy atom. The number of benzene rings is 3.